The van der Waals surface area contributed by atoms with E-state index >= 15 is 0 Å². The molecule has 1 aromatic heterocycles. The highest BCUT2D eigenvalue weighted by Gasteiger charge is 2.22. The minimum absolute atomic E-state index is 0.347. The zero-order valence-corrected chi connectivity index (χ0v) is 11.1. The first-order valence-electron chi connectivity index (χ1n) is 5.42. The van der Waals surface area contributed by atoms with Gasteiger partial charge >= 0.3 is 0 Å². The second-order valence-electron chi connectivity index (χ2n) is 4.33. The predicted octanol–water partition coefficient (Wildman–Crippen LogP) is 3.88. The van der Waals surface area contributed by atoms with Crippen molar-refractivity contribution in [3.05, 3.63) is 36.5 Å². The van der Waals surface area contributed by atoms with Crippen LogP contribution in [0.4, 0.5) is 5.82 Å². The second kappa shape index (κ2) is 5.11. The van der Waals surface area contributed by atoms with Crippen molar-refractivity contribution in [1.82, 2.24) is 4.98 Å². The van der Waals surface area contributed by atoms with Crippen molar-refractivity contribution in [3.8, 4) is 0 Å². The monoisotopic (exact) mass is 268 g/mol. The largest absolute Gasteiger partial charge is 0.362 e. The molecule has 0 aliphatic carbocycles. The Labute approximate surface area is 111 Å². The second-order valence-corrected chi connectivity index (χ2v) is 4.87. The van der Waals surface area contributed by atoms with Gasteiger partial charge in [0, 0.05) is 23.3 Å². The van der Waals surface area contributed by atoms with Crippen LogP contribution in [0.2, 0.25) is 0 Å². The van der Waals surface area contributed by atoms with Crippen molar-refractivity contribution in [3.63, 3.8) is 0 Å². The van der Waals surface area contributed by atoms with E-state index in [0.717, 1.165) is 16.6 Å². The Balaban J connectivity index is 2.42. The van der Waals surface area contributed by atoms with Crippen LogP contribution in [0.3, 0.4) is 0 Å². The molecule has 1 heterocycles. The summed E-state index contributed by atoms with van der Waals surface area (Å²) in [6.07, 6.45) is 1.79. The maximum Gasteiger partial charge on any atom is 0.134 e. The Morgan fingerprint density at radius 3 is 2.59 bits per heavy atom. The van der Waals surface area contributed by atoms with Gasteiger partial charge in [-0.25, -0.2) is 4.98 Å². The molecule has 0 amide bonds. The standard InChI is InChI=1S/C13H14Cl2N2/c1-13(8-14,9-15)17-12-11-5-3-2-4-10(11)6-7-16-12/h2-7H,8-9H2,1H3,(H,16,17). The molecule has 2 aromatic rings. The van der Waals surface area contributed by atoms with Crippen molar-refractivity contribution >= 4 is 39.8 Å². The van der Waals surface area contributed by atoms with Gasteiger partial charge in [-0.15, -0.1) is 23.2 Å². The van der Waals surface area contributed by atoms with Gasteiger partial charge in [0.1, 0.15) is 5.82 Å². The quantitative estimate of drug-likeness (QED) is 0.852. The van der Waals surface area contributed by atoms with Crippen molar-refractivity contribution in [1.29, 1.82) is 0 Å². The van der Waals surface area contributed by atoms with Crippen LogP contribution in [0.25, 0.3) is 10.8 Å². The van der Waals surface area contributed by atoms with Gasteiger partial charge in [0.05, 0.1) is 5.54 Å². The first-order chi connectivity index (χ1) is 8.18. The third-order valence-electron chi connectivity index (χ3n) is 2.68. The van der Waals surface area contributed by atoms with E-state index in [4.69, 9.17) is 23.2 Å². The molecular weight excluding hydrogens is 255 g/mol. The minimum Gasteiger partial charge on any atom is -0.362 e. The van der Waals surface area contributed by atoms with Crippen LogP contribution in [0.5, 0.6) is 0 Å². The lowest BCUT2D eigenvalue weighted by atomic mass is 10.1. The fraction of sp³-hybridized carbons (Fsp3) is 0.308. The Morgan fingerprint density at radius 2 is 1.88 bits per heavy atom. The first-order valence-corrected chi connectivity index (χ1v) is 6.49. The van der Waals surface area contributed by atoms with Gasteiger partial charge in [-0.05, 0) is 18.4 Å². The van der Waals surface area contributed by atoms with E-state index < -0.39 is 0 Å². The maximum absolute atomic E-state index is 5.94. The third kappa shape index (κ3) is 2.64. The van der Waals surface area contributed by atoms with Crippen molar-refractivity contribution in [2.24, 2.45) is 0 Å². The molecule has 4 heteroatoms. The number of alkyl halides is 2. The van der Waals surface area contributed by atoms with Gasteiger partial charge in [-0.3, -0.25) is 0 Å². The molecule has 17 heavy (non-hydrogen) atoms. The normalized spacial score (nSPS) is 11.7. The van der Waals surface area contributed by atoms with Gasteiger partial charge in [0.15, 0.2) is 0 Å². The predicted molar refractivity (Wildman–Crippen MR) is 75.2 cm³/mol. The van der Waals surface area contributed by atoms with Crippen molar-refractivity contribution in [2.75, 3.05) is 17.1 Å². The molecule has 2 nitrogen and oxygen atoms in total. The number of nitrogens with one attached hydrogen (secondary N) is 1. The first kappa shape index (κ1) is 12.5. The average Bonchev–Trinajstić information content (AvgIpc) is 2.39. The van der Waals surface area contributed by atoms with Crippen molar-refractivity contribution in [2.45, 2.75) is 12.5 Å². The van der Waals surface area contributed by atoms with E-state index in [2.05, 4.69) is 16.4 Å². The Bertz CT molecular complexity index is 504. The van der Waals surface area contributed by atoms with E-state index in [9.17, 15) is 0 Å². The van der Waals surface area contributed by atoms with E-state index in [1.807, 2.05) is 31.2 Å². The molecule has 0 atom stereocenters. The number of hydrogen-bond donors (Lipinski definition) is 1. The number of pyridine rings is 1. The van der Waals surface area contributed by atoms with E-state index in [1.165, 1.54) is 0 Å². The van der Waals surface area contributed by atoms with Crippen LogP contribution in [-0.2, 0) is 0 Å². The molecule has 1 N–H and O–H groups in total. The molecule has 0 fully saturated rings. The van der Waals surface area contributed by atoms with E-state index in [-0.39, 0.29) is 5.54 Å². The molecule has 0 spiro atoms. The summed E-state index contributed by atoms with van der Waals surface area (Å²) in [7, 11) is 0. The maximum atomic E-state index is 5.94. The zero-order chi connectivity index (χ0) is 12.3. The highest BCUT2D eigenvalue weighted by atomic mass is 35.5. The molecule has 0 aliphatic rings. The highest BCUT2D eigenvalue weighted by Crippen LogP contribution is 2.24. The van der Waals surface area contributed by atoms with Gasteiger partial charge in [0.2, 0.25) is 0 Å². The number of fused-ring (bicyclic) bond motifs is 1. The fourth-order valence-corrected chi connectivity index (χ4v) is 2.03. The zero-order valence-electron chi connectivity index (χ0n) is 9.58. The van der Waals surface area contributed by atoms with Crippen LogP contribution in [0, 0.1) is 0 Å². The summed E-state index contributed by atoms with van der Waals surface area (Å²) in [5.41, 5.74) is -0.347. The van der Waals surface area contributed by atoms with E-state index in [1.54, 1.807) is 6.20 Å². The molecule has 2 rings (SSSR count). The van der Waals surface area contributed by atoms with Gasteiger partial charge in [0.25, 0.3) is 0 Å². The summed E-state index contributed by atoms with van der Waals surface area (Å²) < 4.78 is 0. The summed E-state index contributed by atoms with van der Waals surface area (Å²) >= 11 is 11.9. The van der Waals surface area contributed by atoms with Crippen LogP contribution in [-0.4, -0.2) is 22.3 Å². The molecule has 0 bridgehead atoms. The molecule has 0 saturated heterocycles. The SMILES string of the molecule is CC(CCl)(CCl)Nc1nccc2ccccc12. The van der Waals surface area contributed by atoms with Crippen LogP contribution in [0.1, 0.15) is 6.92 Å². The lowest BCUT2D eigenvalue weighted by Gasteiger charge is -2.27. The number of halogens is 2. The minimum atomic E-state index is -0.347. The van der Waals surface area contributed by atoms with Crippen LogP contribution < -0.4 is 5.32 Å². The van der Waals surface area contributed by atoms with Gasteiger partial charge in [-0.2, -0.15) is 0 Å². The molecule has 90 valence electrons. The van der Waals surface area contributed by atoms with Gasteiger partial charge < -0.3 is 5.32 Å². The summed E-state index contributed by atoms with van der Waals surface area (Å²) in [6.45, 7) is 1.98. The highest BCUT2D eigenvalue weighted by molar-refractivity contribution is 6.22. The smallest absolute Gasteiger partial charge is 0.134 e. The number of aromatic nitrogens is 1. The summed E-state index contributed by atoms with van der Waals surface area (Å²) in [6, 6.07) is 10.1. The van der Waals surface area contributed by atoms with Crippen LogP contribution in [0.15, 0.2) is 36.5 Å². The number of anilines is 1. The Kier molecular flexibility index (Phi) is 3.75. The molecule has 0 saturated carbocycles. The molecule has 0 radical (unpaired) electrons. The number of benzene rings is 1. The Morgan fingerprint density at radius 1 is 1.18 bits per heavy atom. The van der Waals surface area contributed by atoms with E-state index in [0.29, 0.717) is 11.8 Å². The summed E-state index contributed by atoms with van der Waals surface area (Å²) in [5.74, 6) is 1.69. The number of hydrogen-bond acceptors (Lipinski definition) is 2. The average molecular weight is 269 g/mol. The molecular formula is C13H14Cl2N2. The van der Waals surface area contributed by atoms with Crippen LogP contribution >= 0.6 is 23.2 Å². The molecule has 0 aliphatic heterocycles. The van der Waals surface area contributed by atoms with Gasteiger partial charge in [-0.1, -0.05) is 24.3 Å². The summed E-state index contributed by atoms with van der Waals surface area (Å²) in [5, 5.41) is 5.55. The fourth-order valence-electron chi connectivity index (χ4n) is 1.61. The number of rotatable bonds is 4. The topological polar surface area (TPSA) is 24.9 Å². The summed E-state index contributed by atoms with van der Waals surface area (Å²) in [4.78, 5) is 4.36. The molecule has 0 unspecified atom stereocenters. The Hall–Kier alpha value is -0.990. The number of nitrogens with zero attached hydrogens (tertiary/aromatic N) is 1. The molecule has 1 aromatic carbocycles. The van der Waals surface area contributed by atoms with Crippen molar-refractivity contribution < 1.29 is 0 Å². The lowest BCUT2D eigenvalue weighted by molar-refractivity contribution is 0.646. The third-order valence-corrected chi connectivity index (χ3v) is 3.86. The lowest BCUT2D eigenvalue weighted by Crippen LogP contribution is -2.39.